The van der Waals surface area contributed by atoms with Crippen LogP contribution in [0.3, 0.4) is 0 Å². The summed E-state index contributed by atoms with van der Waals surface area (Å²) in [5.41, 5.74) is 2.30. The fourth-order valence-corrected chi connectivity index (χ4v) is 3.62. The van der Waals surface area contributed by atoms with E-state index in [1.165, 1.54) is 28.7 Å². The summed E-state index contributed by atoms with van der Waals surface area (Å²) in [5, 5.41) is 12.2. The maximum atomic E-state index is 13.2. The molecular weight excluding hydrogens is 407 g/mol. The molecule has 0 saturated carbocycles. The smallest absolute Gasteiger partial charge is 0.254 e. The molecule has 3 heterocycles. The largest absolute Gasteiger partial charge is 0.344 e. The van der Waals surface area contributed by atoms with Crippen molar-refractivity contribution in [3.63, 3.8) is 0 Å². The number of aromatic nitrogens is 5. The van der Waals surface area contributed by atoms with Crippen LogP contribution in [0.25, 0.3) is 16.6 Å². The molecule has 0 spiro atoms. The van der Waals surface area contributed by atoms with E-state index in [0.29, 0.717) is 34.3 Å². The minimum atomic E-state index is -1.26. The Morgan fingerprint density at radius 2 is 1.97 bits per heavy atom. The van der Waals surface area contributed by atoms with Crippen LogP contribution in [0.2, 0.25) is 0 Å². The lowest BCUT2D eigenvalue weighted by Gasteiger charge is -2.15. The average molecular weight is 426 g/mol. The lowest BCUT2D eigenvalue weighted by molar-refractivity contribution is 0.0936. The van der Waals surface area contributed by atoms with Crippen LogP contribution in [0.5, 0.6) is 0 Å². The molecule has 3 aromatic heterocycles. The molecule has 4 aromatic rings. The first-order valence-electron chi connectivity index (χ1n) is 9.26. The van der Waals surface area contributed by atoms with Crippen LogP contribution in [0.1, 0.15) is 35.4 Å². The van der Waals surface area contributed by atoms with E-state index in [1.54, 1.807) is 41.5 Å². The number of nitrogens with one attached hydrogen (secondary N) is 1. The molecule has 0 aliphatic rings. The van der Waals surface area contributed by atoms with E-state index in [-0.39, 0.29) is 17.8 Å². The van der Waals surface area contributed by atoms with E-state index < -0.39 is 11.0 Å². The number of rotatable bonds is 6. The molecule has 1 amide bonds. The van der Waals surface area contributed by atoms with Gasteiger partial charge < -0.3 is 5.32 Å². The van der Waals surface area contributed by atoms with Gasteiger partial charge in [0.1, 0.15) is 16.8 Å². The number of carbonyl (C=O) groups excluding carboxylic acids is 1. The van der Waals surface area contributed by atoms with Crippen LogP contribution in [0.4, 0.5) is 4.39 Å². The molecule has 1 N–H and O–H groups in total. The van der Waals surface area contributed by atoms with Gasteiger partial charge in [0.15, 0.2) is 0 Å². The van der Waals surface area contributed by atoms with E-state index in [9.17, 15) is 13.4 Å². The number of benzene rings is 1. The summed E-state index contributed by atoms with van der Waals surface area (Å²) in [7, 11) is -1.26. The molecule has 10 heteroatoms. The van der Waals surface area contributed by atoms with Crippen molar-refractivity contribution in [3.8, 4) is 5.69 Å². The summed E-state index contributed by atoms with van der Waals surface area (Å²) in [6.07, 6.45) is 8.44. The zero-order valence-corrected chi connectivity index (χ0v) is 17.1. The number of halogens is 1. The predicted octanol–water partition coefficient (Wildman–Crippen LogP) is 2.78. The van der Waals surface area contributed by atoms with Gasteiger partial charge in [0, 0.05) is 24.0 Å². The van der Waals surface area contributed by atoms with E-state index in [4.69, 9.17) is 0 Å². The summed E-state index contributed by atoms with van der Waals surface area (Å²) in [5.74, 6) is -0.654. The fourth-order valence-electron chi connectivity index (χ4n) is 3.18. The van der Waals surface area contributed by atoms with Crippen molar-refractivity contribution >= 4 is 27.8 Å². The summed E-state index contributed by atoms with van der Waals surface area (Å²) in [6, 6.07) is 7.30. The molecule has 0 radical (unpaired) electrons. The topological polar surface area (TPSA) is 94.7 Å². The van der Waals surface area contributed by atoms with Gasteiger partial charge in [0.25, 0.3) is 5.91 Å². The maximum absolute atomic E-state index is 13.2. The highest BCUT2D eigenvalue weighted by atomic mass is 32.2. The van der Waals surface area contributed by atoms with Crippen LogP contribution in [-0.4, -0.2) is 40.3 Å². The minimum absolute atomic E-state index is 0.314. The fraction of sp³-hybridized carbons (Fsp3) is 0.200. The van der Waals surface area contributed by atoms with Crippen molar-refractivity contribution in [3.05, 3.63) is 72.2 Å². The third kappa shape index (κ3) is 3.73. The van der Waals surface area contributed by atoms with Gasteiger partial charge in [-0.3, -0.25) is 9.78 Å². The van der Waals surface area contributed by atoms with Gasteiger partial charge in [-0.15, -0.1) is 0 Å². The van der Waals surface area contributed by atoms with Crippen molar-refractivity contribution < 1.29 is 13.4 Å². The highest BCUT2D eigenvalue weighted by molar-refractivity contribution is 7.82. The first kappa shape index (κ1) is 19.9. The third-order valence-corrected chi connectivity index (χ3v) is 5.46. The molecule has 0 bridgehead atoms. The Labute approximate surface area is 174 Å². The number of hydrogen-bond acceptors (Lipinski definition) is 5. The lowest BCUT2D eigenvalue weighted by Crippen LogP contribution is -2.29. The number of pyridine rings is 1. The SMILES string of the molecule is CCC(NC(=O)c1cncc2c1cnn2-c1ccc(F)cc1)c1ccn(S(C)=O)n1. The van der Waals surface area contributed by atoms with E-state index >= 15 is 0 Å². The molecule has 0 aliphatic heterocycles. The predicted molar refractivity (Wildman–Crippen MR) is 111 cm³/mol. The Bertz CT molecular complexity index is 1230. The molecule has 154 valence electrons. The number of carbonyl (C=O) groups is 1. The first-order chi connectivity index (χ1) is 14.5. The maximum Gasteiger partial charge on any atom is 0.254 e. The van der Waals surface area contributed by atoms with Gasteiger partial charge >= 0.3 is 0 Å². The van der Waals surface area contributed by atoms with Crippen molar-refractivity contribution in [2.75, 3.05) is 6.26 Å². The first-order valence-corrected chi connectivity index (χ1v) is 10.8. The average Bonchev–Trinajstić information content (AvgIpc) is 3.40. The Morgan fingerprint density at radius 1 is 1.20 bits per heavy atom. The number of amides is 1. The molecule has 0 saturated heterocycles. The van der Waals surface area contributed by atoms with Crippen LogP contribution < -0.4 is 5.32 Å². The lowest BCUT2D eigenvalue weighted by atomic mass is 10.1. The molecule has 30 heavy (non-hydrogen) atoms. The van der Waals surface area contributed by atoms with Crippen molar-refractivity contribution in [1.29, 1.82) is 0 Å². The summed E-state index contributed by atoms with van der Waals surface area (Å²) in [4.78, 5) is 17.2. The monoisotopic (exact) mass is 426 g/mol. The zero-order valence-electron chi connectivity index (χ0n) is 16.3. The Kier molecular flexibility index (Phi) is 5.40. The number of hydrogen-bond donors (Lipinski definition) is 1. The number of nitrogens with zero attached hydrogens (tertiary/aromatic N) is 5. The Hall–Kier alpha value is -3.40. The van der Waals surface area contributed by atoms with Crippen molar-refractivity contribution in [2.45, 2.75) is 19.4 Å². The minimum Gasteiger partial charge on any atom is -0.344 e. The van der Waals surface area contributed by atoms with Crippen LogP contribution in [0.15, 0.2) is 55.1 Å². The summed E-state index contributed by atoms with van der Waals surface area (Å²) >= 11 is 0. The molecule has 4 rings (SSSR count). The molecular formula is C20H19FN6O2S. The quantitative estimate of drug-likeness (QED) is 0.512. The summed E-state index contributed by atoms with van der Waals surface area (Å²) in [6.45, 7) is 1.93. The molecule has 2 atom stereocenters. The van der Waals surface area contributed by atoms with E-state index in [0.717, 1.165) is 0 Å². The standard InChI is InChI=1S/C20H19FN6O2S/c1-3-17(18-8-9-26(25-18)30(2)29)24-20(28)16-10-22-12-19-15(16)11-23-27(19)14-6-4-13(21)5-7-14/h4-12,17H,3H2,1-2H3,(H,24,28). The molecule has 1 aromatic carbocycles. The van der Waals surface area contributed by atoms with Crippen LogP contribution in [-0.2, 0) is 11.0 Å². The van der Waals surface area contributed by atoms with Crippen molar-refractivity contribution in [2.24, 2.45) is 0 Å². The van der Waals surface area contributed by atoms with E-state index in [1.807, 2.05) is 6.92 Å². The van der Waals surface area contributed by atoms with Crippen LogP contribution >= 0.6 is 0 Å². The van der Waals surface area contributed by atoms with Gasteiger partial charge in [-0.05, 0) is 36.8 Å². The molecule has 0 aliphatic carbocycles. The highest BCUT2D eigenvalue weighted by Gasteiger charge is 2.20. The third-order valence-electron chi connectivity index (χ3n) is 4.73. The number of fused-ring (bicyclic) bond motifs is 1. The van der Waals surface area contributed by atoms with Gasteiger partial charge in [-0.1, -0.05) is 6.92 Å². The van der Waals surface area contributed by atoms with Gasteiger partial charge in [0.05, 0.1) is 40.9 Å². The molecule has 8 nitrogen and oxygen atoms in total. The van der Waals surface area contributed by atoms with E-state index in [2.05, 4.69) is 20.5 Å². The van der Waals surface area contributed by atoms with Crippen LogP contribution in [0, 0.1) is 5.82 Å². The summed E-state index contributed by atoms with van der Waals surface area (Å²) < 4.78 is 27.8. The van der Waals surface area contributed by atoms with Gasteiger partial charge in [0.2, 0.25) is 0 Å². The zero-order chi connectivity index (χ0) is 21.3. The van der Waals surface area contributed by atoms with Gasteiger partial charge in [-0.25, -0.2) is 13.3 Å². The second kappa shape index (κ2) is 8.15. The highest BCUT2D eigenvalue weighted by Crippen LogP contribution is 2.22. The van der Waals surface area contributed by atoms with Crippen molar-refractivity contribution in [1.82, 2.24) is 29.3 Å². The molecule has 0 fully saturated rings. The van der Waals surface area contributed by atoms with Gasteiger partial charge in [-0.2, -0.15) is 14.3 Å². The normalized spacial score (nSPS) is 13.3. The second-order valence-electron chi connectivity index (χ2n) is 6.65. The Morgan fingerprint density at radius 3 is 2.63 bits per heavy atom. The Balaban J connectivity index is 1.64. The second-order valence-corrected chi connectivity index (χ2v) is 7.88. The molecule has 2 unspecified atom stereocenters.